The molecule has 0 saturated carbocycles. The molecule has 0 saturated heterocycles. The summed E-state index contributed by atoms with van der Waals surface area (Å²) in [6, 6.07) is 3.50. The van der Waals surface area contributed by atoms with Crippen LogP contribution in [0.4, 0.5) is 8.78 Å². The molecule has 19 heavy (non-hydrogen) atoms. The molecule has 0 bridgehead atoms. The highest BCUT2D eigenvalue weighted by Gasteiger charge is 2.25. The molecule has 0 amide bonds. The molecule has 2 nitrogen and oxygen atoms in total. The highest BCUT2D eigenvalue weighted by Crippen LogP contribution is 2.39. The van der Waals surface area contributed by atoms with Crippen LogP contribution in [0.2, 0.25) is 0 Å². The number of benzene rings is 1. The molecule has 0 aliphatic heterocycles. The highest BCUT2D eigenvalue weighted by molar-refractivity contribution is 9.12. The zero-order valence-electron chi connectivity index (χ0n) is 9.18. The van der Waals surface area contributed by atoms with Gasteiger partial charge in [0, 0.05) is 11.1 Å². The maximum Gasteiger partial charge on any atom is 0.145 e. The predicted molar refractivity (Wildman–Crippen MR) is 82.9 cm³/mol. The van der Waals surface area contributed by atoms with Crippen molar-refractivity contribution in [1.82, 2.24) is 5.43 Å². The van der Waals surface area contributed by atoms with E-state index in [4.69, 9.17) is 5.84 Å². The molecule has 0 aliphatic carbocycles. The Morgan fingerprint density at radius 2 is 1.89 bits per heavy atom. The van der Waals surface area contributed by atoms with Gasteiger partial charge in [-0.05, 0) is 66.0 Å². The first-order chi connectivity index (χ1) is 8.95. The number of hydrazine groups is 1. The molecule has 8 heteroatoms. The van der Waals surface area contributed by atoms with E-state index in [9.17, 15) is 8.78 Å². The van der Waals surface area contributed by atoms with Gasteiger partial charge in [-0.25, -0.2) is 14.2 Å². The summed E-state index contributed by atoms with van der Waals surface area (Å²) in [5.41, 5.74) is 2.99. The van der Waals surface area contributed by atoms with Crippen LogP contribution in [-0.4, -0.2) is 0 Å². The summed E-state index contributed by atoms with van der Waals surface area (Å²) >= 11 is 11.1. The van der Waals surface area contributed by atoms with Gasteiger partial charge in [0.25, 0.3) is 0 Å². The van der Waals surface area contributed by atoms with Crippen LogP contribution in [0.15, 0.2) is 30.2 Å². The van der Waals surface area contributed by atoms with E-state index in [1.807, 2.05) is 0 Å². The maximum absolute atomic E-state index is 14.1. The smallest absolute Gasteiger partial charge is 0.145 e. The average Bonchev–Trinajstić information content (AvgIpc) is 2.69. The maximum atomic E-state index is 14.1. The molecule has 3 N–H and O–H groups in total. The zero-order valence-corrected chi connectivity index (χ0v) is 14.8. The van der Waals surface area contributed by atoms with Crippen LogP contribution in [0.25, 0.3) is 0 Å². The zero-order chi connectivity index (χ0) is 14.2. The van der Waals surface area contributed by atoms with Gasteiger partial charge in [-0.2, -0.15) is 0 Å². The van der Waals surface area contributed by atoms with Gasteiger partial charge in [-0.3, -0.25) is 5.84 Å². The number of halogens is 5. The first kappa shape index (κ1) is 15.5. The Balaban J connectivity index is 2.61. The third-order valence-electron chi connectivity index (χ3n) is 2.53. The van der Waals surface area contributed by atoms with E-state index in [0.29, 0.717) is 5.56 Å². The lowest BCUT2D eigenvalue weighted by molar-refractivity contribution is 0.507. The molecule has 2 rings (SSSR count). The number of hydrogen-bond acceptors (Lipinski definition) is 3. The second kappa shape index (κ2) is 6.28. The lowest BCUT2D eigenvalue weighted by Crippen LogP contribution is -2.30. The van der Waals surface area contributed by atoms with Crippen molar-refractivity contribution in [2.45, 2.75) is 6.04 Å². The summed E-state index contributed by atoms with van der Waals surface area (Å²) in [7, 11) is 0. The van der Waals surface area contributed by atoms with E-state index in [2.05, 4.69) is 53.2 Å². The standard InChI is InChI=1S/C11H7Br3F2N2S/c12-5-1-2-6(15)8(9(5)16)10(18-17)4-3-7(13)19-11(4)14/h1-3,10,18H,17H2. The van der Waals surface area contributed by atoms with E-state index in [-0.39, 0.29) is 10.0 Å². The molecule has 0 radical (unpaired) electrons. The molecule has 102 valence electrons. The SMILES string of the molecule is NNC(c1cc(Br)sc1Br)c1c(F)ccc(Br)c1F. The van der Waals surface area contributed by atoms with Crippen LogP contribution >= 0.6 is 59.1 Å². The molecule has 0 fully saturated rings. The molecule has 2 aromatic rings. The summed E-state index contributed by atoms with van der Waals surface area (Å²) in [6.45, 7) is 0. The van der Waals surface area contributed by atoms with Crippen LogP contribution in [0.1, 0.15) is 17.2 Å². The topological polar surface area (TPSA) is 38.0 Å². The third kappa shape index (κ3) is 3.08. The van der Waals surface area contributed by atoms with Gasteiger partial charge in [0.15, 0.2) is 0 Å². The van der Waals surface area contributed by atoms with E-state index in [0.717, 1.165) is 7.57 Å². The number of rotatable bonds is 3. The number of nitrogens with two attached hydrogens (primary N) is 1. The first-order valence-electron chi connectivity index (χ1n) is 5.00. The summed E-state index contributed by atoms with van der Waals surface area (Å²) in [5.74, 6) is 4.15. The van der Waals surface area contributed by atoms with Gasteiger partial charge in [0.05, 0.1) is 18.1 Å². The fourth-order valence-electron chi connectivity index (χ4n) is 1.69. The molecule has 0 spiro atoms. The van der Waals surface area contributed by atoms with Crippen molar-refractivity contribution in [1.29, 1.82) is 0 Å². The Morgan fingerprint density at radius 1 is 1.21 bits per heavy atom. The molecule has 1 atom stereocenters. The lowest BCUT2D eigenvalue weighted by atomic mass is 10.0. The minimum absolute atomic E-state index is 0.122. The second-order valence-corrected chi connectivity index (χ2v) is 8.24. The summed E-state index contributed by atoms with van der Waals surface area (Å²) in [6.07, 6.45) is 0. The van der Waals surface area contributed by atoms with E-state index < -0.39 is 17.7 Å². The third-order valence-corrected chi connectivity index (χ3v) is 5.53. The summed E-state index contributed by atoms with van der Waals surface area (Å²) < 4.78 is 29.8. The predicted octanol–water partition coefficient (Wildman–Crippen LogP) is 4.87. The number of hydrogen-bond donors (Lipinski definition) is 2. The Labute approximate surface area is 137 Å². The van der Waals surface area contributed by atoms with Crippen LogP contribution in [0, 0.1) is 11.6 Å². The van der Waals surface area contributed by atoms with Crippen molar-refractivity contribution in [2.24, 2.45) is 5.84 Å². The highest BCUT2D eigenvalue weighted by atomic mass is 79.9. The molecule has 1 aromatic carbocycles. The van der Waals surface area contributed by atoms with Crippen molar-refractivity contribution < 1.29 is 8.78 Å². The molecule has 0 aliphatic rings. The minimum Gasteiger partial charge on any atom is -0.271 e. The first-order valence-corrected chi connectivity index (χ1v) is 8.19. The minimum atomic E-state index is -0.783. The fourth-order valence-corrected chi connectivity index (χ4v) is 4.93. The molecule has 1 aromatic heterocycles. The molecular formula is C11H7Br3F2N2S. The largest absolute Gasteiger partial charge is 0.271 e. The van der Waals surface area contributed by atoms with Crippen LogP contribution in [0.5, 0.6) is 0 Å². The van der Waals surface area contributed by atoms with Gasteiger partial charge in [-0.15, -0.1) is 11.3 Å². The van der Waals surface area contributed by atoms with Crippen LogP contribution < -0.4 is 11.3 Å². The monoisotopic (exact) mass is 474 g/mol. The number of thiophene rings is 1. The molecule has 1 heterocycles. The fraction of sp³-hybridized carbons (Fsp3) is 0.0909. The van der Waals surface area contributed by atoms with Crippen molar-refractivity contribution in [3.8, 4) is 0 Å². The van der Waals surface area contributed by atoms with E-state index >= 15 is 0 Å². The quantitative estimate of drug-likeness (QED) is 0.377. The Bertz CT molecular complexity index is 618. The van der Waals surface area contributed by atoms with E-state index in [1.165, 1.54) is 23.5 Å². The van der Waals surface area contributed by atoms with Crippen molar-refractivity contribution in [3.05, 3.63) is 53.0 Å². The van der Waals surface area contributed by atoms with Crippen molar-refractivity contribution in [2.75, 3.05) is 0 Å². The van der Waals surface area contributed by atoms with Gasteiger partial charge in [0.1, 0.15) is 11.6 Å². The average molecular weight is 477 g/mol. The van der Waals surface area contributed by atoms with Crippen molar-refractivity contribution >= 4 is 59.1 Å². The Kier molecular flexibility index (Phi) is 5.13. The Hall–Kier alpha value is 0.140. The summed E-state index contributed by atoms with van der Waals surface area (Å²) in [5, 5.41) is 0. The van der Waals surface area contributed by atoms with Crippen LogP contribution in [0.3, 0.4) is 0 Å². The lowest BCUT2D eigenvalue weighted by Gasteiger charge is -2.18. The summed E-state index contributed by atoms with van der Waals surface area (Å²) in [4.78, 5) is 0. The van der Waals surface area contributed by atoms with Gasteiger partial charge < -0.3 is 0 Å². The molecular weight excluding hydrogens is 470 g/mol. The van der Waals surface area contributed by atoms with Gasteiger partial charge in [-0.1, -0.05) is 0 Å². The second-order valence-electron chi connectivity index (χ2n) is 3.64. The van der Waals surface area contributed by atoms with Gasteiger partial charge >= 0.3 is 0 Å². The normalized spacial score (nSPS) is 12.7. The number of nitrogens with one attached hydrogen (secondary N) is 1. The Morgan fingerprint density at radius 3 is 2.42 bits per heavy atom. The van der Waals surface area contributed by atoms with E-state index in [1.54, 1.807) is 6.07 Å². The molecule has 1 unspecified atom stereocenters. The van der Waals surface area contributed by atoms with Gasteiger partial charge in [0.2, 0.25) is 0 Å². The van der Waals surface area contributed by atoms with Crippen molar-refractivity contribution in [3.63, 3.8) is 0 Å². The van der Waals surface area contributed by atoms with Crippen LogP contribution in [-0.2, 0) is 0 Å².